The normalized spacial score (nSPS) is 12.6. The molecule has 0 spiro atoms. The molecule has 2 heterocycles. The van der Waals surface area contributed by atoms with Gasteiger partial charge in [0.1, 0.15) is 0 Å². The van der Waals surface area contributed by atoms with Crippen LogP contribution in [0.5, 0.6) is 0 Å². The largest absolute Gasteiger partial charge is 0.462 e. The van der Waals surface area contributed by atoms with E-state index in [0.29, 0.717) is 37.3 Å². The van der Waals surface area contributed by atoms with Gasteiger partial charge in [-0.05, 0) is 35.4 Å². The molecule has 0 aliphatic carbocycles. The van der Waals surface area contributed by atoms with Crippen molar-refractivity contribution in [2.45, 2.75) is 32.7 Å². The van der Waals surface area contributed by atoms with Crippen molar-refractivity contribution in [3.63, 3.8) is 0 Å². The average molecular weight is 405 g/mol. The quantitative estimate of drug-likeness (QED) is 0.443. The number of esters is 1. The minimum atomic E-state index is -0.366. The second kappa shape index (κ2) is 8.86. The Kier molecular flexibility index (Phi) is 5.83. The lowest BCUT2D eigenvalue weighted by atomic mass is 10.1. The van der Waals surface area contributed by atoms with Gasteiger partial charge >= 0.3 is 5.97 Å². The number of fused-ring (bicyclic) bond motifs is 1. The lowest BCUT2D eigenvalue weighted by Crippen LogP contribution is -2.27. The molecule has 8 heteroatoms. The first-order chi connectivity index (χ1) is 14.7. The number of ether oxygens (including phenoxy) is 1. The molecule has 1 aromatic heterocycles. The number of tetrazole rings is 1. The van der Waals surface area contributed by atoms with Crippen molar-refractivity contribution in [3.8, 4) is 11.4 Å². The summed E-state index contributed by atoms with van der Waals surface area (Å²) in [5.74, 6) is 0.303. The number of hydrogen-bond donors (Lipinski definition) is 0. The third-order valence-electron chi connectivity index (χ3n) is 5.03. The second-order valence-corrected chi connectivity index (χ2v) is 7.06. The van der Waals surface area contributed by atoms with Crippen LogP contribution < -0.4 is 4.90 Å². The molecule has 0 saturated carbocycles. The number of nitrogens with zero attached hydrogens (tertiary/aromatic N) is 5. The van der Waals surface area contributed by atoms with Gasteiger partial charge in [-0.15, -0.1) is 10.2 Å². The molecule has 4 rings (SSSR count). The molecular weight excluding hydrogens is 382 g/mol. The number of hydrogen-bond acceptors (Lipinski definition) is 6. The Morgan fingerprint density at radius 3 is 2.77 bits per heavy atom. The van der Waals surface area contributed by atoms with Crippen LogP contribution in [0.3, 0.4) is 0 Å². The Balaban J connectivity index is 1.28. The van der Waals surface area contributed by atoms with Crippen LogP contribution in [0.15, 0.2) is 48.5 Å². The van der Waals surface area contributed by atoms with E-state index in [1.165, 1.54) is 4.80 Å². The van der Waals surface area contributed by atoms with E-state index in [4.69, 9.17) is 4.74 Å². The molecule has 3 aromatic rings. The Morgan fingerprint density at radius 2 is 1.97 bits per heavy atom. The van der Waals surface area contributed by atoms with Crippen molar-refractivity contribution in [2.75, 3.05) is 18.1 Å². The molecule has 0 N–H and O–H groups in total. The van der Waals surface area contributed by atoms with Crippen LogP contribution in [0.2, 0.25) is 0 Å². The average Bonchev–Trinajstić information content (AvgIpc) is 3.43. The monoisotopic (exact) mass is 405 g/mol. The van der Waals surface area contributed by atoms with E-state index in [9.17, 15) is 9.59 Å². The number of aromatic nitrogens is 4. The molecule has 0 radical (unpaired) electrons. The summed E-state index contributed by atoms with van der Waals surface area (Å²) in [6.07, 6.45) is 1.81. The zero-order chi connectivity index (χ0) is 20.9. The van der Waals surface area contributed by atoms with Gasteiger partial charge in [-0.25, -0.2) is 4.79 Å². The predicted molar refractivity (Wildman–Crippen MR) is 111 cm³/mol. The maximum absolute atomic E-state index is 12.4. The molecule has 0 fully saturated rings. The van der Waals surface area contributed by atoms with Gasteiger partial charge in [0.25, 0.3) is 0 Å². The number of rotatable bonds is 7. The first-order valence-corrected chi connectivity index (χ1v) is 10.1. The van der Waals surface area contributed by atoms with Crippen LogP contribution in [0.1, 0.15) is 35.7 Å². The Labute approximate surface area is 174 Å². The third-order valence-corrected chi connectivity index (χ3v) is 5.03. The van der Waals surface area contributed by atoms with Gasteiger partial charge in [-0.2, -0.15) is 4.80 Å². The topological polar surface area (TPSA) is 90.2 Å². The molecule has 1 aliphatic heterocycles. The Hall–Kier alpha value is -3.55. The van der Waals surface area contributed by atoms with Crippen molar-refractivity contribution in [2.24, 2.45) is 0 Å². The van der Waals surface area contributed by atoms with E-state index in [1.807, 2.05) is 49.4 Å². The summed E-state index contributed by atoms with van der Waals surface area (Å²) in [5.41, 5.74) is 3.31. The van der Waals surface area contributed by atoms with Gasteiger partial charge < -0.3 is 9.64 Å². The van der Waals surface area contributed by atoms with Crippen LogP contribution in [0, 0.1) is 0 Å². The fourth-order valence-electron chi connectivity index (χ4n) is 3.47. The summed E-state index contributed by atoms with van der Waals surface area (Å²) >= 11 is 0. The van der Waals surface area contributed by atoms with E-state index < -0.39 is 0 Å². The zero-order valence-corrected chi connectivity index (χ0v) is 16.8. The van der Waals surface area contributed by atoms with Gasteiger partial charge in [-0.1, -0.05) is 37.3 Å². The van der Waals surface area contributed by atoms with E-state index in [0.717, 1.165) is 23.2 Å². The molecule has 0 saturated heterocycles. The highest BCUT2D eigenvalue weighted by molar-refractivity contribution is 5.97. The van der Waals surface area contributed by atoms with Gasteiger partial charge in [0.05, 0.1) is 18.7 Å². The van der Waals surface area contributed by atoms with E-state index in [2.05, 4.69) is 15.4 Å². The van der Waals surface area contributed by atoms with Crippen LogP contribution in [-0.4, -0.2) is 45.2 Å². The predicted octanol–water partition coefficient (Wildman–Crippen LogP) is 2.89. The fourth-order valence-corrected chi connectivity index (χ4v) is 3.47. The molecule has 30 heavy (non-hydrogen) atoms. The maximum Gasteiger partial charge on any atom is 0.338 e. The summed E-state index contributed by atoms with van der Waals surface area (Å²) < 4.78 is 5.39. The highest BCUT2D eigenvalue weighted by atomic mass is 16.5. The van der Waals surface area contributed by atoms with E-state index >= 15 is 0 Å². The number of carbonyl (C=O) groups is 2. The van der Waals surface area contributed by atoms with Crippen molar-refractivity contribution in [1.82, 2.24) is 20.2 Å². The number of benzene rings is 2. The molecule has 0 unspecified atom stereocenters. The van der Waals surface area contributed by atoms with Crippen LogP contribution in [0.25, 0.3) is 11.4 Å². The molecule has 1 amide bonds. The Bertz CT molecular complexity index is 1050. The first-order valence-electron chi connectivity index (χ1n) is 10.1. The maximum atomic E-state index is 12.4. The SMILES string of the molecule is CCC(=O)N1CCc2cc(C(=O)OCCCn3nnc(-c4ccccc4)n3)ccc21. The summed E-state index contributed by atoms with van der Waals surface area (Å²) in [5, 5.41) is 12.4. The van der Waals surface area contributed by atoms with Crippen molar-refractivity contribution < 1.29 is 14.3 Å². The molecular formula is C22H23N5O3. The number of carbonyl (C=O) groups excluding carboxylic acids is 2. The summed E-state index contributed by atoms with van der Waals surface area (Å²) in [6, 6.07) is 15.0. The second-order valence-electron chi connectivity index (χ2n) is 7.06. The smallest absolute Gasteiger partial charge is 0.338 e. The zero-order valence-electron chi connectivity index (χ0n) is 16.8. The van der Waals surface area contributed by atoms with Crippen LogP contribution >= 0.6 is 0 Å². The van der Waals surface area contributed by atoms with Crippen molar-refractivity contribution >= 4 is 17.6 Å². The summed E-state index contributed by atoms with van der Waals surface area (Å²) in [6.45, 7) is 3.28. The minimum absolute atomic E-state index is 0.0984. The molecule has 0 atom stereocenters. The van der Waals surface area contributed by atoms with E-state index in [1.54, 1.807) is 11.0 Å². The molecule has 8 nitrogen and oxygen atoms in total. The van der Waals surface area contributed by atoms with Crippen LogP contribution in [-0.2, 0) is 22.5 Å². The third kappa shape index (κ3) is 4.22. The van der Waals surface area contributed by atoms with Gasteiger partial charge in [0, 0.05) is 30.6 Å². The lowest BCUT2D eigenvalue weighted by Gasteiger charge is -2.16. The highest BCUT2D eigenvalue weighted by Crippen LogP contribution is 2.29. The number of anilines is 1. The standard InChI is InChI=1S/C22H23N5O3/c1-2-20(28)26-13-11-17-15-18(9-10-19(17)26)22(29)30-14-6-12-27-24-21(23-25-27)16-7-4-3-5-8-16/h3-5,7-10,15H,2,6,11-14H2,1H3. The van der Waals surface area contributed by atoms with Gasteiger partial charge in [0.15, 0.2) is 0 Å². The van der Waals surface area contributed by atoms with E-state index in [-0.39, 0.29) is 18.5 Å². The number of amides is 1. The fraction of sp³-hybridized carbons (Fsp3) is 0.318. The summed E-state index contributed by atoms with van der Waals surface area (Å²) in [4.78, 5) is 27.6. The van der Waals surface area contributed by atoms with Gasteiger partial charge in [0.2, 0.25) is 11.7 Å². The molecule has 1 aliphatic rings. The lowest BCUT2D eigenvalue weighted by molar-refractivity contribution is -0.118. The molecule has 154 valence electrons. The highest BCUT2D eigenvalue weighted by Gasteiger charge is 2.24. The van der Waals surface area contributed by atoms with Crippen molar-refractivity contribution in [3.05, 3.63) is 59.7 Å². The molecule has 0 bridgehead atoms. The molecule has 2 aromatic carbocycles. The van der Waals surface area contributed by atoms with Gasteiger partial charge in [-0.3, -0.25) is 4.79 Å². The number of aryl methyl sites for hydroxylation is 1. The Morgan fingerprint density at radius 1 is 1.13 bits per heavy atom. The van der Waals surface area contributed by atoms with Crippen molar-refractivity contribution in [1.29, 1.82) is 0 Å². The minimum Gasteiger partial charge on any atom is -0.462 e. The first kappa shape index (κ1) is 19.8. The van der Waals surface area contributed by atoms with Crippen LogP contribution in [0.4, 0.5) is 5.69 Å². The summed E-state index contributed by atoms with van der Waals surface area (Å²) in [7, 11) is 0.